The van der Waals surface area contributed by atoms with E-state index >= 15 is 0 Å². The third kappa shape index (κ3) is 1.69. The van der Waals surface area contributed by atoms with Gasteiger partial charge in [-0.3, -0.25) is 0 Å². The first-order valence-electron chi connectivity index (χ1n) is 6.26. The lowest BCUT2D eigenvalue weighted by Crippen LogP contribution is -1.83. The summed E-state index contributed by atoms with van der Waals surface area (Å²) in [5.41, 5.74) is 4.16. The van der Waals surface area contributed by atoms with Gasteiger partial charge in [0.25, 0.3) is 0 Å². The number of rotatable bonds is 1. The van der Waals surface area contributed by atoms with E-state index in [0.29, 0.717) is 0 Å². The third-order valence-corrected chi connectivity index (χ3v) is 3.35. The van der Waals surface area contributed by atoms with Crippen LogP contribution in [-0.4, -0.2) is 9.97 Å². The molecule has 0 aliphatic heterocycles. The van der Waals surface area contributed by atoms with Gasteiger partial charge >= 0.3 is 0 Å². The van der Waals surface area contributed by atoms with Crippen LogP contribution in [0.5, 0.6) is 0 Å². The van der Waals surface area contributed by atoms with Crippen LogP contribution in [0.4, 0.5) is 0 Å². The van der Waals surface area contributed by atoms with Crippen LogP contribution in [-0.2, 0) is 0 Å². The minimum atomic E-state index is 0.974. The van der Waals surface area contributed by atoms with E-state index in [-0.39, 0.29) is 0 Å². The molecule has 2 nitrogen and oxygen atoms in total. The summed E-state index contributed by atoms with van der Waals surface area (Å²) in [6, 6.07) is 20.6. The summed E-state index contributed by atoms with van der Waals surface area (Å²) in [5.74, 6) is 0. The number of hydrogen-bond acceptors (Lipinski definition) is 1. The lowest BCUT2D eigenvalue weighted by molar-refractivity contribution is 1.36. The van der Waals surface area contributed by atoms with Crippen LogP contribution in [0.25, 0.3) is 33.1 Å². The first kappa shape index (κ1) is 10.3. The summed E-state index contributed by atoms with van der Waals surface area (Å²) in [6.45, 7) is 0. The average molecular weight is 243 g/mol. The molecule has 4 aromatic rings. The number of para-hydroxylation sites is 2. The van der Waals surface area contributed by atoms with Gasteiger partial charge in [0, 0.05) is 27.5 Å². The first-order chi connectivity index (χ1) is 9.40. The number of H-pyrrole nitrogens is 1. The maximum Gasteiger partial charge on any atom is 0.0994 e. The van der Waals surface area contributed by atoms with E-state index in [2.05, 4.69) is 46.5 Å². The Morgan fingerprint density at radius 1 is 0.842 bits per heavy atom. The average Bonchev–Trinajstić information content (AvgIpc) is 2.90. The highest BCUT2D eigenvalue weighted by Gasteiger charge is 2.04. The van der Waals surface area contributed by atoms with Gasteiger partial charge in [-0.25, -0.2) is 4.98 Å². The summed E-state index contributed by atoms with van der Waals surface area (Å²) in [4.78, 5) is 7.79. The second-order valence-electron chi connectivity index (χ2n) is 4.61. The number of nitrogens with one attached hydrogen (secondary N) is 1. The molecule has 89 valence electrons. The van der Waals surface area contributed by atoms with E-state index in [1.165, 1.54) is 5.39 Å². The van der Waals surface area contributed by atoms with Crippen LogP contribution in [0.3, 0.4) is 0 Å². The zero-order valence-corrected chi connectivity index (χ0v) is 10.2. The molecule has 2 heteroatoms. The molecule has 2 aromatic heterocycles. The summed E-state index contributed by atoms with van der Waals surface area (Å²) < 4.78 is 0. The molecule has 2 heterocycles. The predicted molar refractivity (Wildman–Crippen MR) is 77.9 cm³/mol. The fourth-order valence-corrected chi connectivity index (χ4v) is 2.38. The van der Waals surface area contributed by atoms with Crippen molar-refractivity contribution in [1.82, 2.24) is 9.97 Å². The molecule has 0 bridgehead atoms. The van der Waals surface area contributed by atoms with Crippen molar-refractivity contribution < 1.29 is 0 Å². The summed E-state index contributed by atoms with van der Waals surface area (Å²) in [5, 5.41) is 2.34. The Morgan fingerprint density at radius 2 is 1.63 bits per heavy atom. The van der Waals surface area contributed by atoms with E-state index in [1.54, 1.807) is 0 Å². The third-order valence-electron chi connectivity index (χ3n) is 3.35. The molecule has 0 aliphatic rings. The Labute approximate surface area is 110 Å². The van der Waals surface area contributed by atoms with Crippen molar-refractivity contribution in [2.75, 3.05) is 0 Å². The van der Waals surface area contributed by atoms with Crippen molar-refractivity contribution in [3.8, 4) is 11.3 Å². The summed E-state index contributed by atoms with van der Waals surface area (Å²) in [6.07, 6.45) is 3.11. The minimum Gasteiger partial charge on any atom is -0.354 e. The van der Waals surface area contributed by atoms with Crippen LogP contribution < -0.4 is 0 Å². The Hall–Kier alpha value is -2.61. The highest BCUT2D eigenvalue weighted by atomic mass is 14.7. The molecular weight excluding hydrogens is 232 g/mol. The van der Waals surface area contributed by atoms with Gasteiger partial charge in [-0.05, 0) is 24.3 Å². The van der Waals surface area contributed by atoms with E-state index in [4.69, 9.17) is 0 Å². The lowest BCUT2D eigenvalue weighted by atomic mass is 10.1. The molecule has 0 fully saturated rings. The van der Waals surface area contributed by atoms with E-state index in [0.717, 1.165) is 27.7 Å². The van der Waals surface area contributed by atoms with Crippen molar-refractivity contribution in [2.45, 2.75) is 0 Å². The number of aromatic nitrogens is 2. The van der Waals surface area contributed by atoms with Crippen LogP contribution in [0.2, 0.25) is 0 Å². The summed E-state index contributed by atoms with van der Waals surface area (Å²) in [7, 11) is 0. The van der Waals surface area contributed by atoms with Crippen molar-refractivity contribution in [3.05, 3.63) is 66.9 Å². The molecule has 0 spiro atoms. The Morgan fingerprint density at radius 3 is 2.53 bits per heavy atom. The number of fused-ring (bicyclic) bond motifs is 2. The second kappa shape index (κ2) is 3.95. The van der Waals surface area contributed by atoms with Crippen LogP contribution in [0.15, 0.2) is 60.7 Å². The number of aromatic amines is 1. The van der Waals surface area contributed by atoms with Gasteiger partial charge in [0.2, 0.25) is 0 Å². The van der Waals surface area contributed by atoms with Crippen LogP contribution >= 0.6 is 0 Å². The van der Waals surface area contributed by atoms with Crippen molar-refractivity contribution in [1.29, 1.82) is 0 Å². The van der Waals surface area contributed by atoms with Gasteiger partial charge in [0.1, 0.15) is 0 Å². The fraction of sp³-hybridized carbons (Fsp3) is 0. The zero-order chi connectivity index (χ0) is 12.7. The second-order valence-corrected chi connectivity index (χ2v) is 4.61. The molecular formula is C17H11N2. The lowest BCUT2D eigenvalue weighted by Gasteiger charge is -1.99. The van der Waals surface area contributed by atoms with Gasteiger partial charge in [0.05, 0.1) is 11.7 Å². The van der Waals surface area contributed by atoms with E-state index in [9.17, 15) is 0 Å². The molecule has 19 heavy (non-hydrogen) atoms. The molecule has 0 saturated carbocycles. The molecule has 0 amide bonds. The van der Waals surface area contributed by atoms with E-state index in [1.807, 2.05) is 30.3 Å². The number of benzene rings is 2. The highest BCUT2D eigenvalue weighted by molar-refractivity contribution is 5.88. The molecule has 1 radical (unpaired) electrons. The molecule has 0 aliphatic carbocycles. The van der Waals surface area contributed by atoms with Gasteiger partial charge in [-0.2, -0.15) is 0 Å². The largest absolute Gasteiger partial charge is 0.354 e. The zero-order valence-electron chi connectivity index (χ0n) is 10.2. The van der Waals surface area contributed by atoms with E-state index < -0.39 is 0 Å². The Balaban J connectivity index is 1.93. The van der Waals surface area contributed by atoms with Gasteiger partial charge in [-0.15, -0.1) is 0 Å². The normalized spacial score (nSPS) is 11.2. The van der Waals surface area contributed by atoms with Gasteiger partial charge in [-0.1, -0.05) is 36.4 Å². The molecule has 0 saturated heterocycles. The van der Waals surface area contributed by atoms with Crippen molar-refractivity contribution in [2.24, 2.45) is 0 Å². The Kier molecular flexibility index (Phi) is 2.15. The molecule has 2 aromatic carbocycles. The monoisotopic (exact) mass is 243 g/mol. The fourth-order valence-electron chi connectivity index (χ4n) is 2.38. The summed E-state index contributed by atoms with van der Waals surface area (Å²) >= 11 is 0. The predicted octanol–water partition coefficient (Wildman–Crippen LogP) is 4.18. The number of pyridine rings is 1. The van der Waals surface area contributed by atoms with Gasteiger partial charge < -0.3 is 4.98 Å². The van der Waals surface area contributed by atoms with Gasteiger partial charge in [0.15, 0.2) is 0 Å². The Bertz CT molecular complexity index is 841. The quantitative estimate of drug-likeness (QED) is 0.533. The maximum atomic E-state index is 4.38. The number of hydrogen-bond donors (Lipinski definition) is 1. The molecule has 0 atom stereocenters. The molecule has 4 rings (SSSR count). The topological polar surface area (TPSA) is 28.7 Å². The SMILES string of the molecule is [c]1nc2ccccc2cc1-c1cc2ccccc2[nH]1. The number of nitrogens with zero attached hydrogens (tertiary/aromatic N) is 1. The highest BCUT2D eigenvalue weighted by Crippen LogP contribution is 2.25. The standard InChI is InChI=1S/C17H11N2/c1-3-7-15-12(5-1)9-14(11-18-15)17-10-13-6-2-4-8-16(13)19-17/h1-10,19H. The first-order valence-corrected chi connectivity index (χ1v) is 6.26. The van der Waals surface area contributed by atoms with Crippen LogP contribution in [0.1, 0.15) is 0 Å². The maximum absolute atomic E-state index is 4.38. The van der Waals surface area contributed by atoms with Crippen LogP contribution in [0, 0.1) is 6.20 Å². The van der Waals surface area contributed by atoms with Crippen molar-refractivity contribution in [3.63, 3.8) is 0 Å². The molecule has 0 unspecified atom stereocenters. The smallest absolute Gasteiger partial charge is 0.0994 e. The molecule has 1 N–H and O–H groups in total. The van der Waals surface area contributed by atoms with Crippen molar-refractivity contribution >= 4 is 21.8 Å². The minimum absolute atomic E-state index is 0.974.